The highest BCUT2D eigenvalue weighted by atomic mass is 16.7. The van der Waals surface area contributed by atoms with Crippen LogP contribution in [0.15, 0.2) is 42.5 Å². The summed E-state index contributed by atoms with van der Waals surface area (Å²) >= 11 is 0. The summed E-state index contributed by atoms with van der Waals surface area (Å²) in [6.45, 7) is 1.59. The van der Waals surface area contributed by atoms with Gasteiger partial charge in [0.15, 0.2) is 11.5 Å². The molecule has 6 heteroatoms. The minimum Gasteiger partial charge on any atom is -0.454 e. The van der Waals surface area contributed by atoms with Gasteiger partial charge in [0.25, 0.3) is 0 Å². The lowest BCUT2D eigenvalue weighted by molar-refractivity contribution is -0.122. The van der Waals surface area contributed by atoms with Crippen LogP contribution in [0.3, 0.4) is 0 Å². The number of carbonyl (C=O) groups is 1. The third kappa shape index (κ3) is 3.69. The maximum atomic E-state index is 12.2. The Labute approximate surface area is 146 Å². The summed E-state index contributed by atoms with van der Waals surface area (Å²) in [5.74, 6) is 1.61. The zero-order valence-corrected chi connectivity index (χ0v) is 13.8. The van der Waals surface area contributed by atoms with E-state index in [0.29, 0.717) is 13.2 Å². The van der Waals surface area contributed by atoms with Gasteiger partial charge in [-0.05, 0) is 49.2 Å². The first-order valence-corrected chi connectivity index (χ1v) is 8.43. The fourth-order valence-corrected chi connectivity index (χ4v) is 2.98. The quantitative estimate of drug-likeness (QED) is 0.891. The van der Waals surface area contributed by atoms with Crippen molar-refractivity contribution in [1.82, 2.24) is 0 Å². The molecule has 2 aliphatic heterocycles. The molecule has 2 aromatic rings. The topological polar surface area (TPSA) is 68.8 Å². The first-order chi connectivity index (χ1) is 12.3. The molecule has 1 fully saturated rings. The maximum absolute atomic E-state index is 12.2. The van der Waals surface area contributed by atoms with Crippen LogP contribution in [0.4, 0.5) is 17.1 Å². The number of hydrogen-bond acceptors (Lipinski definition) is 5. The number of benzene rings is 2. The van der Waals surface area contributed by atoms with E-state index < -0.39 is 0 Å². The molecule has 2 aromatic carbocycles. The molecule has 1 amide bonds. The molecule has 4 rings (SSSR count). The zero-order valence-electron chi connectivity index (χ0n) is 13.8. The zero-order chi connectivity index (χ0) is 17.1. The summed E-state index contributed by atoms with van der Waals surface area (Å²) < 4.78 is 16.0. The van der Waals surface area contributed by atoms with E-state index in [2.05, 4.69) is 10.6 Å². The predicted octanol–water partition coefficient (Wildman–Crippen LogP) is 3.52. The van der Waals surface area contributed by atoms with Crippen molar-refractivity contribution in [1.29, 1.82) is 0 Å². The standard InChI is InChI=1S/C19H20N2O4/c22-19(13-7-9-23-10-8-13)21-15-3-1-14(2-4-15)20-16-5-6-17-18(11-16)25-12-24-17/h1-6,11,13,20H,7-10,12H2,(H,21,22). The Morgan fingerprint density at radius 2 is 1.56 bits per heavy atom. The fraction of sp³-hybridized carbons (Fsp3) is 0.316. The molecule has 1 saturated heterocycles. The number of fused-ring (bicyclic) bond motifs is 1. The van der Waals surface area contributed by atoms with Gasteiger partial charge in [-0.1, -0.05) is 0 Å². The highest BCUT2D eigenvalue weighted by Gasteiger charge is 2.21. The van der Waals surface area contributed by atoms with E-state index >= 15 is 0 Å². The van der Waals surface area contributed by atoms with Gasteiger partial charge in [0.05, 0.1) is 0 Å². The predicted molar refractivity (Wildman–Crippen MR) is 94.5 cm³/mol. The van der Waals surface area contributed by atoms with E-state index in [-0.39, 0.29) is 18.6 Å². The molecule has 0 aliphatic carbocycles. The lowest BCUT2D eigenvalue weighted by Gasteiger charge is -2.21. The smallest absolute Gasteiger partial charge is 0.231 e. The van der Waals surface area contributed by atoms with Crippen molar-refractivity contribution in [2.45, 2.75) is 12.8 Å². The van der Waals surface area contributed by atoms with Crippen molar-refractivity contribution in [2.24, 2.45) is 5.92 Å². The first kappa shape index (κ1) is 15.8. The van der Waals surface area contributed by atoms with Crippen LogP contribution in [0.1, 0.15) is 12.8 Å². The van der Waals surface area contributed by atoms with E-state index in [9.17, 15) is 4.79 Å². The van der Waals surface area contributed by atoms with Crippen molar-refractivity contribution in [3.63, 3.8) is 0 Å². The molecule has 0 spiro atoms. The van der Waals surface area contributed by atoms with Gasteiger partial charge in [0, 0.05) is 42.3 Å². The molecule has 0 aromatic heterocycles. The lowest BCUT2D eigenvalue weighted by Crippen LogP contribution is -2.28. The van der Waals surface area contributed by atoms with E-state index in [4.69, 9.17) is 14.2 Å². The van der Waals surface area contributed by atoms with Crippen LogP contribution in [0.2, 0.25) is 0 Å². The van der Waals surface area contributed by atoms with Crippen LogP contribution in [-0.2, 0) is 9.53 Å². The number of ether oxygens (including phenoxy) is 3. The molecule has 0 saturated carbocycles. The van der Waals surface area contributed by atoms with E-state index in [0.717, 1.165) is 41.4 Å². The number of hydrogen-bond donors (Lipinski definition) is 2. The molecule has 2 aliphatic rings. The minimum absolute atomic E-state index is 0.0418. The Morgan fingerprint density at radius 3 is 2.36 bits per heavy atom. The second-order valence-corrected chi connectivity index (χ2v) is 6.15. The Bertz CT molecular complexity index is 755. The van der Waals surface area contributed by atoms with Gasteiger partial charge in [-0.2, -0.15) is 0 Å². The number of rotatable bonds is 4. The van der Waals surface area contributed by atoms with Crippen LogP contribution in [-0.4, -0.2) is 25.9 Å². The van der Waals surface area contributed by atoms with Gasteiger partial charge < -0.3 is 24.8 Å². The molecule has 0 atom stereocenters. The summed E-state index contributed by atoms with van der Waals surface area (Å²) in [5, 5.41) is 6.29. The van der Waals surface area contributed by atoms with Crippen molar-refractivity contribution < 1.29 is 19.0 Å². The molecule has 6 nitrogen and oxygen atoms in total. The number of nitrogens with one attached hydrogen (secondary N) is 2. The van der Waals surface area contributed by atoms with Crippen molar-refractivity contribution in [2.75, 3.05) is 30.6 Å². The van der Waals surface area contributed by atoms with Gasteiger partial charge in [0.1, 0.15) is 0 Å². The van der Waals surface area contributed by atoms with Crippen LogP contribution >= 0.6 is 0 Å². The summed E-state index contributed by atoms with van der Waals surface area (Å²) in [4.78, 5) is 12.2. The molecule has 25 heavy (non-hydrogen) atoms. The average molecular weight is 340 g/mol. The molecule has 2 N–H and O–H groups in total. The SMILES string of the molecule is O=C(Nc1ccc(Nc2ccc3c(c2)OCO3)cc1)C1CCOCC1. The van der Waals surface area contributed by atoms with Crippen LogP contribution in [0.25, 0.3) is 0 Å². The van der Waals surface area contributed by atoms with Gasteiger partial charge in [0.2, 0.25) is 12.7 Å². The third-order valence-electron chi connectivity index (χ3n) is 4.41. The number of anilines is 3. The monoisotopic (exact) mass is 340 g/mol. The Kier molecular flexibility index (Phi) is 4.43. The van der Waals surface area contributed by atoms with Gasteiger partial charge in [-0.25, -0.2) is 0 Å². The third-order valence-corrected chi connectivity index (χ3v) is 4.41. The molecule has 0 bridgehead atoms. The second-order valence-electron chi connectivity index (χ2n) is 6.15. The summed E-state index contributed by atoms with van der Waals surface area (Å²) in [7, 11) is 0. The Balaban J connectivity index is 1.37. The average Bonchev–Trinajstić information content (AvgIpc) is 3.12. The largest absolute Gasteiger partial charge is 0.454 e. The first-order valence-electron chi connectivity index (χ1n) is 8.43. The molecular weight excluding hydrogens is 320 g/mol. The highest BCUT2D eigenvalue weighted by molar-refractivity contribution is 5.92. The summed E-state index contributed by atoms with van der Waals surface area (Å²) in [6, 6.07) is 13.4. The van der Waals surface area contributed by atoms with Gasteiger partial charge >= 0.3 is 0 Å². The van der Waals surface area contributed by atoms with Gasteiger partial charge in [-0.15, -0.1) is 0 Å². The highest BCUT2D eigenvalue weighted by Crippen LogP contribution is 2.35. The Morgan fingerprint density at radius 1 is 0.880 bits per heavy atom. The molecule has 0 radical (unpaired) electrons. The molecule has 2 heterocycles. The van der Waals surface area contributed by atoms with Crippen molar-refractivity contribution in [3.8, 4) is 11.5 Å². The number of amides is 1. The molecule has 0 unspecified atom stereocenters. The van der Waals surface area contributed by atoms with Crippen LogP contribution in [0, 0.1) is 5.92 Å². The maximum Gasteiger partial charge on any atom is 0.231 e. The lowest BCUT2D eigenvalue weighted by atomic mass is 9.99. The van der Waals surface area contributed by atoms with E-state index in [1.54, 1.807) is 0 Å². The normalized spacial score (nSPS) is 16.5. The molecule has 130 valence electrons. The van der Waals surface area contributed by atoms with Crippen molar-refractivity contribution in [3.05, 3.63) is 42.5 Å². The number of carbonyl (C=O) groups excluding carboxylic acids is 1. The summed E-state index contributed by atoms with van der Waals surface area (Å²) in [6.07, 6.45) is 1.57. The van der Waals surface area contributed by atoms with Crippen LogP contribution < -0.4 is 20.1 Å². The van der Waals surface area contributed by atoms with E-state index in [1.165, 1.54) is 0 Å². The molecular formula is C19H20N2O4. The fourth-order valence-electron chi connectivity index (χ4n) is 2.98. The van der Waals surface area contributed by atoms with Crippen LogP contribution in [0.5, 0.6) is 11.5 Å². The summed E-state index contributed by atoms with van der Waals surface area (Å²) in [5.41, 5.74) is 2.65. The van der Waals surface area contributed by atoms with E-state index in [1.807, 2.05) is 42.5 Å². The Hall–Kier alpha value is -2.73. The van der Waals surface area contributed by atoms with Crippen molar-refractivity contribution >= 4 is 23.0 Å². The minimum atomic E-state index is 0.0418. The second kappa shape index (κ2) is 7.03. The van der Waals surface area contributed by atoms with Gasteiger partial charge in [-0.3, -0.25) is 4.79 Å².